The Labute approximate surface area is 121 Å². The molecule has 1 aliphatic heterocycles. The van der Waals surface area contributed by atoms with E-state index in [-0.39, 0.29) is 11.9 Å². The van der Waals surface area contributed by atoms with E-state index in [4.69, 9.17) is 0 Å². The molecule has 1 amide bonds. The van der Waals surface area contributed by atoms with Crippen LogP contribution in [0.2, 0.25) is 0 Å². The normalized spacial score (nSPS) is 17.2. The number of thiazole rings is 1. The van der Waals surface area contributed by atoms with Gasteiger partial charge < -0.3 is 9.80 Å². The molecule has 0 aromatic carbocycles. The first-order valence-corrected chi connectivity index (χ1v) is 7.56. The van der Waals surface area contributed by atoms with Crippen LogP contribution in [0.3, 0.4) is 0 Å². The van der Waals surface area contributed by atoms with Crippen molar-refractivity contribution in [3.8, 4) is 0 Å². The maximum Gasteiger partial charge on any atom is 0.247 e. The quantitative estimate of drug-likeness (QED) is 0.854. The molecule has 0 spiro atoms. The molecule has 1 unspecified atom stereocenters. The molecule has 1 aliphatic rings. The molecule has 3 heterocycles. The average molecular weight is 291 g/mol. The number of nitrogens with zero attached hydrogens (tertiary/aromatic N) is 5. The summed E-state index contributed by atoms with van der Waals surface area (Å²) in [5, 5.41) is 7.16. The molecule has 1 saturated heterocycles. The lowest BCUT2D eigenvalue weighted by atomic mass is 10.2. The lowest BCUT2D eigenvalue weighted by molar-refractivity contribution is -0.134. The Kier molecular flexibility index (Phi) is 3.68. The summed E-state index contributed by atoms with van der Waals surface area (Å²) in [6, 6.07) is 1.60. The van der Waals surface area contributed by atoms with Gasteiger partial charge >= 0.3 is 0 Å². The van der Waals surface area contributed by atoms with E-state index in [1.165, 1.54) is 0 Å². The molecule has 6 nitrogen and oxygen atoms in total. The number of hydrogen-bond acceptors (Lipinski definition) is 5. The predicted molar refractivity (Wildman–Crippen MR) is 77.8 cm³/mol. The number of piperazine rings is 1. The molecule has 1 atom stereocenters. The minimum absolute atomic E-state index is 0.132. The fourth-order valence-corrected chi connectivity index (χ4v) is 3.07. The molecule has 7 heteroatoms. The second kappa shape index (κ2) is 5.62. The zero-order valence-corrected chi connectivity index (χ0v) is 12.2. The van der Waals surface area contributed by atoms with Crippen LogP contribution in [-0.2, 0) is 4.79 Å². The van der Waals surface area contributed by atoms with Crippen molar-refractivity contribution < 1.29 is 4.79 Å². The zero-order valence-electron chi connectivity index (χ0n) is 11.3. The smallest absolute Gasteiger partial charge is 0.247 e. The van der Waals surface area contributed by atoms with Gasteiger partial charge in [0.2, 0.25) is 5.91 Å². The van der Waals surface area contributed by atoms with Gasteiger partial charge in [-0.2, -0.15) is 5.10 Å². The van der Waals surface area contributed by atoms with Gasteiger partial charge in [0, 0.05) is 50.1 Å². The van der Waals surface area contributed by atoms with Gasteiger partial charge in [0.05, 0.1) is 0 Å². The van der Waals surface area contributed by atoms with Gasteiger partial charge in [0.1, 0.15) is 6.04 Å². The summed E-state index contributed by atoms with van der Waals surface area (Å²) in [6.45, 7) is 5.05. The highest BCUT2D eigenvalue weighted by Crippen LogP contribution is 2.20. The molecule has 3 rings (SSSR count). The number of aromatic nitrogens is 3. The van der Waals surface area contributed by atoms with Crippen molar-refractivity contribution in [1.82, 2.24) is 19.7 Å². The van der Waals surface area contributed by atoms with Crippen LogP contribution in [0.5, 0.6) is 0 Å². The Bertz CT molecular complexity index is 545. The highest BCUT2D eigenvalue weighted by atomic mass is 32.1. The third-order valence-corrected chi connectivity index (χ3v) is 4.39. The number of rotatable bonds is 3. The highest BCUT2D eigenvalue weighted by Gasteiger charge is 2.26. The summed E-state index contributed by atoms with van der Waals surface area (Å²) in [5.41, 5.74) is 0. The van der Waals surface area contributed by atoms with Gasteiger partial charge in [-0.15, -0.1) is 11.3 Å². The number of amides is 1. The van der Waals surface area contributed by atoms with E-state index < -0.39 is 0 Å². The topological polar surface area (TPSA) is 54.3 Å². The standard InChI is InChI=1S/C13H17N5OS/c1-11(18-5-2-3-15-18)12(19)16-6-8-17(9-7-16)13-14-4-10-20-13/h2-5,10-11H,6-9H2,1H3. The number of carbonyl (C=O) groups is 1. The van der Waals surface area contributed by atoms with E-state index in [0.29, 0.717) is 0 Å². The molecular formula is C13H17N5OS. The lowest BCUT2D eigenvalue weighted by Crippen LogP contribution is -2.50. The van der Waals surface area contributed by atoms with Gasteiger partial charge in [0.15, 0.2) is 5.13 Å². The Morgan fingerprint density at radius 3 is 2.70 bits per heavy atom. The van der Waals surface area contributed by atoms with Crippen LogP contribution in [-0.4, -0.2) is 51.8 Å². The fourth-order valence-electron chi connectivity index (χ4n) is 2.38. The average Bonchev–Trinajstić information content (AvgIpc) is 3.18. The monoisotopic (exact) mass is 291 g/mol. The summed E-state index contributed by atoms with van der Waals surface area (Å²) in [6.07, 6.45) is 5.34. The third kappa shape index (κ3) is 2.53. The summed E-state index contributed by atoms with van der Waals surface area (Å²) >= 11 is 1.64. The number of anilines is 1. The van der Waals surface area contributed by atoms with Gasteiger partial charge in [-0.25, -0.2) is 4.98 Å². The van der Waals surface area contributed by atoms with Crippen molar-refractivity contribution in [2.24, 2.45) is 0 Å². The fraction of sp³-hybridized carbons (Fsp3) is 0.462. The summed E-state index contributed by atoms with van der Waals surface area (Å²) in [7, 11) is 0. The molecule has 106 valence electrons. The molecular weight excluding hydrogens is 274 g/mol. The summed E-state index contributed by atoms with van der Waals surface area (Å²) < 4.78 is 1.70. The largest absolute Gasteiger partial charge is 0.345 e. The molecule has 0 radical (unpaired) electrons. The Morgan fingerprint density at radius 1 is 1.30 bits per heavy atom. The van der Waals surface area contributed by atoms with Crippen LogP contribution < -0.4 is 4.90 Å². The molecule has 20 heavy (non-hydrogen) atoms. The minimum atomic E-state index is -0.239. The van der Waals surface area contributed by atoms with E-state index >= 15 is 0 Å². The van der Waals surface area contributed by atoms with Crippen molar-refractivity contribution in [2.45, 2.75) is 13.0 Å². The van der Waals surface area contributed by atoms with Crippen LogP contribution in [0, 0.1) is 0 Å². The SMILES string of the molecule is CC(C(=O)N1CCN(c2nccs2)CC1)n1cccn1. The van der Waals surface area contributed by atoms with Crippen LogP contribution in [0.25, 0.3) is 0 Å². The first kappa shape index (κ1) is 13.1. The molecule has 0 bridgehead atoms. The van der Waals surface area contributed by atoms with Crippen LogP contribution in [0.1, 0.15) is 13.0 Å². The van der Waals surface area contributed by atoms with Crippen molar-refractivity contribution >= 4 is 22.4 Å². The molecule has 0 N–H and O–H groups in total. The maximum atomic E-state index is 12.4. The van der Waals surface area contributed by atoms with Gasteiger partial charge in [-0.3, -0.25) is 9.48 Å². The molecule has 1 fully saturated rings. The summed E-state index contributed by atoms with van der Waals surface area (Å²) in [4.78, 5) is 20.9. The number of hydrogen-bond donors (Lipinski definition) is 0. The van der Waals surface area contributed by atoms with Crippen molar-refractivity contribution in [3.63, 3.8) is 0 Å². The zero-order chi connectivity index (χ0) is 13.9. The molecule has 2 aromatic heterocycles. The second-order valence-corrected chi connectivity index (χ2v) is 5.66. The van der Waals surface area contributed by atoms with Crippen molar-refractivity contribution in [3.05, 3.63) is 30.0 Å². The van der Waals surface area contributed by atoms with E-state index in [9.17, 15) is 4.79 Å². The van der Waals surface area contributed by atoms with Gasteiger partial charge in [0.25, 0.3) is 0 Å². The second-order valence-electron chi connectivity index (χ2n) is 4.79. The molecule has 0 saturated carbocycles. The van der Waals surface area contributed by atoms with E-state index in [1.54, 1.807) is 22.2 Å². The van der Waals surface area contributed by atoms with Gasteiger partial charge in [-0.05, 0) is 13.0 Å². The maximum absolute atomic E-state index is 12.4. The predicted octanol–water partition coefficient (Wildman–Crippen LogP) is 1.25. The third-order valence-electron chi connectivity index (χ3n) is 3.56. The first-order valence-electron chi connectivity index (χ1n) is 6.68. The van der Waals surface area contributed by atoms with Crippen LogP contribution in [0.4, 0.5) is 5.13 Å². The molecule has 2 aromatic rings. The lowest BCUT2D eigenvalue weighted by Gasteiger charge is -2.35. The first-order chi connectivity index (χ1) is 9.75. The Hall–Kier alpha value is -1.89. The Morgan fingerprint density at radius 2 is 2.10 bits per heavy atom. The van der Waals surface area contributed by atoms with Gasteiger partial charge in [-0.1, -0.05) is 0 Å². The molecule has 0 aliphatic carbocycles. The number of carbonyl (C=O) groups excluding carboxylic acids is 1. The van der Waals surface area contributed by atoms with Crippen LogP contribution >= 0.6 is 11.3 Å². The summed E-state index contributed by atoms with van der Waals surface area (Å²) in [5.74, 6) is 0.132. The Balaban J connectivity index is 1.59. The van der Waals surface area contributed by atoms with Crippen molar-refractivity contribution in [2.75, 3.05) is 31.1 Å². The van der Waals surface area contributed by atoms with E-state index in [1.807, 2.05) is 35.7 Å². The van der Waals surface area contributed by atoms with E-state index in [2.05, 4.69) is 15.0 Å². The van der Waals surface area contributed by atoms with Crippen LogP contribution in [0.15, 0.2) is 30.0 Å². The van der Waals surface area contributed by atoms with Crippen molar-refractivity contribution in [1.29, 1.82) is 0 Å². The minimum Gasteiger partial charge on any atom is -0.345 e. The highest BCUT2D eigenvalue weighted by molar-refractivity contribution is 7.13. The van der Waals surface area contributed by atoms with E-state index in [0.717, 1.165) is 31.3 Å².